The predicted molar refractivity (Wildman–Crippen MR) is 47.5 cm³/mol. The Labute approximate surface area is 82.9 Å². The normalized spacial score (nSPS) is 10.2. The molecular formula is C6H4ClN5S. The summed E-state index contributed by atoms with van der Waals surface area (Å²) in [5, 5.41) is 11.9. The summed E-state index contributed by atoms with van der Waals surface area (Å²) in [6, 6.07) is 0. The predicted octanol–water partition coefficient (Wildman–Crippen LogP) is 1.40. The van der Waals surface area contributed by atoms with Crippen molar-refractivity contribution in [2.45, 2.75) is 10.1 Å². The number of hydrogen-bond donors (Lipinski definition) is 1. The zero-order valence-corrected chi connectivity index (χ0v) is 7.88. The van der Waals surface area contributed by atoms with Gasteiger partial charge in [0.05, 0.1) is 17.4 Å². The summed E-state index contributed by atoms with van der Waals surface area (Å²) in [5.74, 6) is 0. The summed E-state index contributed by atoms with van der Waals surface area (Å²) >= 11 is 7.17. The number of H-pyrrole nitrogens is 1. The summed E-state index contributed by atoms with van der Waals surface area (Å²) in [7, 11) is 0. The van der Waals surface area contributed by atoms with Gasteiger partial charge >= 0.3 is 0 Å². The van der Waals surface area contributed by atoms with Gasteiger partial charge in [-0.3, -0.25) is 0 Å². The summed E-state index contributed by atoms with van der Waals surface area (Å²) in [6.45, 7) is 0. The van der Waals surface area contributed by atoms with Crippen LogP contribution >= 0.6 is 23.4 Å². The molecule has 0 aliphatic carbocycles. The highest BCUT2D eigenvalue weighted by molar-refractivity contribution is 7.99. The van der Waals surface area contributed by atoms with Gasteiger partial charge in [-0.15, -0.1) is 5.10 Å². The van der Waals surface area contributed by atoms with Crippen LogP contribution in [0.4, 0.5) is 0 Å². The molecule has 0 saturated heterocycles. The van der Waals surface area contributed by atoms with Crippen molar-refractivity contribution in [3.8, 4) is 0 Å². The van der Waals surface area contributed by atoms with Crippen LogP contribution in [-0.4, -0.2) is 25.4 Å². The second kappa shape index (κ2) is 3.71. The maximum absolute atomic E-state index is 5.84. The SMILES string of the molecule is Clc1cncnc1Sc1cn[nH]n1. The number of nitrogens with zero attached hydrogens (tertiary/aromatic N) is 4. The van der Waals surface area contributed by atoms with Crippen LogP contribution in [0.25, 0.3) is 0 Å². The molecule has 66 valence electrons. The number of aromatic nitrogens is 5. The number of halogens is 1. The van der Waals surface area contributed by atoms with Gasteiger partial charge in [0.15, 0.2) is 0 Å². The first-order valence-electron chi connectivity index (χ1n) is 3.35. The van der Waals surface area contributed by atoms with E-state index >= 15 is 0 Å². The molecule has 0 aliphatic heterocycles. The molecule has 5 nitrogen and oxygen atoms in total. The number of hydrogen-bond acceptors (Lipinski definition) is 5. The molecule has 0 saturated carbocycles. The molecule has 0 bridgehead atoms. The minimum atomic E-state index is 0.510. The Morgan fingerprint density at radius 1 is 1.38 bits per heavy atom. The van der Waals surface area contributed by atoms with Crippen LogP contribution in [0.5, 0.6) is 0 Å². The Morgan fingerprint density at radius 3 is 3.00 bits per heavy atom. The quantitative estimate of drug-likeness (QED) is 0.764. The van der Waals surface area contributed by atoms with Crippen LogP contribution in [0.3, 0.4) is 0 Å². The van der Waals surface area contributed by atoms with Gasteiger partial charge in [0, 0.05) is 0 Å². The van der Waals surface area contributed by atoms with E-state index in [9.17, 15) is 0 Å². The highest BCUT2D eigenvalue weighted by atomic mass is 35.5. The average molecular weight is 214 g/mol. The fourth-order valence-corrected chi connectivity index (χ4v) is 1.58. The highest BCUT2D eigenvalue weighted by Crippen LogP contribution is 2.28. The van der Waals surface area contributed by atoms with E-state index in [1.54, 1.807) is 6.20 Å². The Balaban J connectivity index is 2.24. The fraction of sp³-hybridized carbons (Fsp3) is 0. The monoisotopic (exact) mass is 213 g/mol. The molecule has 7 heteroatoms. The topological polar surface area (TPSA) is 67.3 Å². The lowest BCUT2D eigenvalue weighted by Crippen LogP contribution is -1.83. The Bertz CT molecular complexity index is 390. The van der Waals surface area contributed by atoms with E-state index in [1.807, 2.05) is 0 Å². The Kier molecular flexibility index (Phi) is 2.42. The van der Waals surface area contributed by atoms with Gasteiger partial charge in [-0.25, -0.2) is 9.97 Å². The molecule has 0 atom stereocenters. The van der Waals surface area contributed by atoms with Gasteiger partial charge in [0.25, 0.3) is 0 Å². The lowest BCUT2D eigenvalue weighted by Gasteiger charge is -1.96. The van der Waals surface area contributed by atoms with Crippen molar-refractivity contribution in [1.82, 2.24) is 25.4 Å². The summed E-state index contributed by atoms with van der Waals surface area (Å²) in [4.78, 5) is 7.77. The zero-order chi connectivity index (χ0) is 9.10. The fourth-order valence-electron chi connectivity index (χ4n) is 0.716. The third-order valence-electron chi connectivity index (χ3n) is 1.23. The number of aromatic amines is 1. The second-order valence-electron chi connectivity index (χ2n) is 2.09. The molecule has 0 unspecified atom stereocenters. The van der Waals surface area contributed by atoms with Crippen molar-refractivity contribution in [1.29, 1.82) is 0 Å². The highest BCUT2D eigenvalue weighted by Gasteiger charge is 2.05. The van der Waals surface area contributed by atoms with Crippen LogP contribution in [0.2, 0.25) is 5.02 Å². The molecule has 0 aliphatic rings. The van der Waals surface area contributed by atoms with Crippen LogP contribution in [0.15, 0.2) is 28.8 Å². The molecule has 0 amide bonds. The van der Waals surface area contributed by atoms with Crippen molar-refractivity contribution in [2.24, 2.45) is 0 Å². The first-order chi connectivity index (χ1) is 6.36. The van der Waals surface area contributed by atoms with Crippen LogP contribution in [-0.2, 0) is 0 Å². The second-order valence-corrected chi connectivity index (χ2v) is 3.50. The molecule has 0 spiro atoms. The first kappa shape index (κ1) is 8.46. The molecule has 2 aromatic heterocycles. The van der Waals surface area contributed by atoms with E-state index in [0.717, 1.165) is 5.03 Å². The van der Waals surface area contributed by atoms with E-state index in [4.69, 9.17) is 11.6 Å². The summed E-state index contributed by atoms with van der Waals surface area (Å²) in [5.41, 5.74) is 0. The first-order valence-corrected chi connectivity index (χ1v) is 4.55. The largest absolute Gasteiger partial charge is 0.243 e. The van der Waals surface area contributed by atoms with Crippen molar-refractivity contribution < 1.29 is 0 Å². The molecule has 13 heavy (non-hydrogen) atoms. The van der Waals surface area contributed by atoms with Gasteiger partial charge in [0.1, 0.15) is 16.4 Å². The smallest absolute Gasteiger partial charge is 0.144 e. The van der Waals surface area contributed by atoms with E-state index in [2.05, 4.69) is 25.4 Å². The maximum Gasteiger partial charge on any atom is 0.144 e. The van der Waals surface area contributed by atoms with E-state index < -0.39 is 0 Å². The molecule has 0 aromatic carbocycles. The summed E-state index contributed by atoms with van der Waals surface area (Å²) in [6.07, 6.45) is 4.58. The van der Waals surface area contributed by atoms with Gasteiger partial charge in [-0.1, -0.05) is 11.6 Å². The molecule has 0 radical (unpaired) electrons. The van der Waals surface area contributed by atoms with E-state index in [0.29, 0.717) is 10.0 Å². The maximum atomic E-state index is 5.84. The van der Waals surface area contributed by atoms with Gasteiger partial charge in [-0.2, -0.15) is 10.3 Å². The van der Waals surface area contributed by atoms with Crippen LogP contribution in [0.1, 0.15) is 0 Å². The zero-order valence-electron chi connectivity index (χ0n) is 6.31. The van der Waals surface area contributed by atoms with Gasteiger partial charge in [0.2, 0.25) is 0 Å². The van der Waals surface area contributed by atoms with Crippen molar-refractivity contribution in [2.75, 3.05) is 0 Å². The third kappa shape index (κ3) is 1.96. The number of rotatable bonds is 2. The molecule has 0 fully saturated rings. The lowest BCUT2D eigenvalue weighted by molar-refractivity contribution is 0.909. The third-order valence-corrected chi connectivity index (χ3v) is 2.54. The molecule has 1 N–H and O–H groups in total. The Morgan fingerprint density at radius 2 is 2.31 bits per heavy atom. The van der Waals surface area contributed by atoms with Crippen molar-refractivity contribution >= 4 is 23.4 Å². The van der Waals surface area contributed by atoms with Crippen molar-refractivity contribution in [3.05, 3.63) is 23.7 Å². The minimum Gasteiger partial charge on any atom is -0.243 e. The number of nitrogens with one attached hydrogen (secondary N) is 1. The lowest BCUT2D eigenvalue weighted by atomic mass is 10.7. The molecule has 2 aromatic rings. The minimum absolute atomic E-state index is 0.510. The van der Waals surface area contributed by atoms with Gasteiger partial charge < -0.3 is 0 Å². The average Bonchev–Trinajstić information content (AvgIpc) is 2.61. The standard InChI is InChI=1S/C6H4ClN5S/c7-4-1-8-3-9-6(4)13-5-2-10-12-11-5/h1-3H,(H,10,11,12). The van der Waals surface area contributed by atoms with Crippen LogP contribution in [0, 0.1) is 0 Å². The molecular weight excluding hydrogens is 210 g/mol. The van der Waals surface area contributed by atoms with E-state index in [-0.39, 0.29) is 0 Å². The summed E-state index contributed by atoms with van der Waals surface area (Å²) < 4.78 is 0. The molecule has 2 heterocycles. The van der Waals surface area contributed by atoms with E-state index in [1.165, 1.54) is 24.3 Å². The van der Waals surface area contributed by atoms with Crippen LogP contribution < -0.4 is 0 Å². The molecule has 2 rings (SSSR count). The van der Waals surface area contributed by atoms with Gasteiger partial charge in [-0.05, 0) is 11.8 Å². The van der Waals surface area contributed by atoms with Crippen molar-refractivity contribution in [3.63, 3.8) is 0 Å². The Hall–Kier alpha value is -1.14.